The normalized spacial score (nSPS) is 18.8. The van der Waals surface area contributed by atoms with E-state index < -0.39 is 0 Å². The van der Waals surface area contributed by atoms with E-state index in [4.69, 9.17) is 4.42 Å². The average molecular weight is 399 g/mol. The van der Waals surface area contributed by atoms with E-state index in [2.05, 4.69) is 37.0 Å². The van der Waals surface area contributed by atoms with Crippen LogP contribution in [-0.4, -0.2) is 67.1 Å². The van der Waals surface area contributed by atoms with Crippen LogP contribution in [0.15, 0.2) is 29.1 Å². The van der Waals surface area contributed by atoms with Crippen molar-refractivity contribution in [1.29, 1.82) is 0 Å². The van der Waals surface area contributed by atoms with E-state index in [0.29, 0.717) is 6.54 Å². The van der Waals surface area contributed by atoms with Crippen LogP contribution in [0.4, 0.5) is 11.5 Å². The summed E-state index contributed by atoms with van der Waals surface area (Å²) >= 11 is 0. The van der Waals surface area contributed by atoms with E-state index >= 15 is 0 Å². The highest BCUT2D eigenvalue weighted by atomic mass is 16.3. The first-order chi connectivity index (χ1) is 14.1. The van der Waals surface area contributed by atoms with Gasteiger partial charge >= 0.3 is 0 Å². The second-order valence-corrected chi connectivity index (χ2v) is 8.01. The van der Waals surface area contributed by atoms with Crippen molar-refractivity contribution in [2.45, 2.75) is 26.3 Å². The Morgan fingerprint density at radius 2 is 1.90 bits per heavy atom. The summed E-state index contributed by atoms with van der Waals surface area (Å²) in [5.74, 6) is 2.83. The molecule has 0 radical (unpaired) electrons. The average Bonchev–Trinajstić information content (AvgIpc) is 3.18. The molecule has 1 amide bonds. The van der Waals surface area contributed by atoms with Gasteiger partial charge in [0.15, 0.2) is 5.82 Å². The molecule has 0 aromatic carbocycles. The highest BCUT2D eigenvalue weighted by Crippen LogP contribution is 2.30. The van der Waals surface area contributed by atoms with E-state index in [1.165, 1.54) is 0 Å². The van der Waals surface area contributed by atoms with Crippen LogP contribution in [0, 0.1) is 12.8 Å². The van der Waals surface area contributed by atoms with Crippen LogP contribution in [-0.2, 0) is 11.3 Å². The number of hydrogen-bond donors (Lipinski definition) is 1. The van der Waals surface area contributed by atoms with Crippen LogP contribution < -0.4 is 15.1 Å². The predicted octanol–water partition coefficient (Wildman–Crippen LogP) is 1.66. The Bertz CT molecular complexity index is 822. The number of piperidine rings is 1. The minimum Gasteiger partial charge on any atom is -0.465 e. The molecule has 2 aliphatic rings. The van der Waals surface area contributed by atoms with Crippen molar-refractivity contribution >= 4 is 17.4 Å². The number of aromatic nitrogens is 2. The van der Waals surface area contributed by atoms with Crippen molar-refractivity contribution < 1.29 is 9.21 Å². The Hall–Kier alpha value is -2.61. The predicted molar refractivity (Wildman–Crippen MR) is 112 cm³/mol. The molecule has 1 N–H and O–H groups in total. The minimum atomic E-state index is 0.0408. The number of anilines is 2. The molecule has 2 aliphatic heterocycles. The van der Waals surface area contributed by atoms with Crippen LogP contribution >= 0.6 is 0 Å². The monoisotopic (exact) mass is 398 g/mol. The molecule has 2 aromatic rings. The van der Waals surface area contributed by atoms with Gasteiger partial charge in [-0.1, -0.05) is 0 Å². The van der Waals surface area contributed by atoms with Gasteiger partial charge in [0.25, 0.3) is 0 Å². The van der Waals surface area contributed by atoms with Gasteiger partial charge in [0.1, 0.15) is 17.8 Å². The lowest BCUT2D eigenvalue weighted by atomic mass is 9.95. The van der Waals surface area contributed by atoms with Gasteiger partial charge in [0.2, 0.25) is 5.91 Å². The van der Waals surface area contributed by atoms with Crippen molar-refractivity contribution in [3.8, 4) is 0 Å². The molecular weight excluding hydrogens is 368 g/mol. The number of hydrogen-bond acceptors (Lipinski definition) is 7. The summed E-state index contributed by atoms with van der Waals surface area (Å²) in [7, 11) is 2.15. The molecule has 0 unspecified atom stereocenters. The van der Waals surface area contributed by atoms with Crippen molar-refractivity contribution in [3.05, 3.63) is 36.2 Å². The maximum Gasteiger partial charge on any atom is 0.223 e. The Kier molecular flexibility index (Phi) is 5.99. The molecule has 0 spiro atoms. The molecule has 0 bridgehead atoms. The van der Waals surface area contributed by atoms with Crippen molar-refractivity contribution in [3.63, 3.8) is 0 Å². The topological polar surface area (TPSA) is 77.7 Å². The summed E-state index contributed by atoms with van der Waals surface area (Å²) in [6.07, 6.45) is 5.22. The number of carbonyl (C=O) groups is 1. The van der Waals surface area contributed by atoms with Gasteiger partial charge in [-0.3, -0.25) is 4.79 Å². The summed E-state index contributed by atoms with van der Waals surface area (Å²) < 4.78 is 5.53. The fraction of sp³-hybridized carbons (Fsp3) is 0.571. The first kappa shape index (κ1) is 19.7. The maximum atomic E-state index is 12.6. The number of rotatable bonds is 5. The maximum absolute atomic E-state index is 12.6. The van der Waals surface area contributed by atoms with Gasteiger partial charge < -0.3 is 24.4 Å². The largest absolute Gasteiger partial charge is 0.465 e. The number of nitrogens with one attached hydrogen (secondary N) is 1. The molecule has 0 aliphatic carbocycles. The first-order valence-electron chi connectivity index (χ1n) is 10.4. The molecule has 4 rings (SSSR count). The quantitative estimate of drug-likeness (QED) is 0.821. The molecular formula is C21H30N6O2. The number of amides is 1. The van der Waals surface area contributed by atoms with Crippen LogP contribution in [0.1, 0.15) is 24.4 Å². The zero-order valence-corrected chi connectivity index (χ0v) is 17.3. The third-order valence-electron chi connectivity index (χ3n) is 5.91. The highest BCUT2D eigenvalue weighted by molar-refractivity contribution is 5.79. The fourth-order valence-corrected chi connectivity index (χ4v) is 4.08. The van der Waals surface area contributed by atoms with E-state index in [1.54, 1.807) is 6.33 Å². The van der Waals surface area contributed by atoms with Gasteiger partial charge in [-0.05, 0) is 38.9 Å². The number of aryl methyl sites for hydroxylation is 1. The summed E-state index contributed by atoms with van der Waals surface area (Å²) in [6, 6.07) is 3.83. The van der Waals surface area contributed by atoms with Crippen LogP contribution in [0.2, 0.25) is 0 Å². The van der Waals surface area contributed by atoms with Crippen LogP contribution in [0.25, 0.3) is 0 Å². The highest BCUT2D eigenvalue weighted by Gasteiger charge is 2.28. The summed E-state index contributed by atoms with van der Waals surface area (Å²) in [4.78, 5) is 28.4. The van der Waals surface area contributed by atoms with Gasteiger partial charge in [-0.2, -0.15) is 0 Å². The Morgan fingerprint density at radius 3 is 2.59 bits per heavy atom. The van der Waals surface area contributed by atoms with E-state index in [0.717, 1.165) is 75.1 Å². The fourth-order valence-electron chi connectivity index (χ4n) is 4.08. The molecule has 2 saturated heterocycles. The van der Waals surface area contributed by atoms with Gasteiger partial charge in [0, 0.05) is 45.2 Å². The number of nitrogens with zero attached hydrogens (tertiary/aromatic N) is 5. The zero-order valence-electron chi connectivity index (χ0n) is 17.3. The Balaban J connectivity index is 1.33. The molecule has 8 heteroatoms. The smallest absolute Gasteiger partial charge is 0.223 e. The molecule has 4 heterocycles. The lowest BCUT2D eigenvalue weighted by Crippen LogP contribution is -2.46. The zero-order chi connectivity index (χ0) is 20.2. The molecule has 0 atom stereocenters. The van der Waals surface area contributed by atoms with Crippen molar-refractivity contribution in [2.24, 2.45) is 5.92 Å². The third kappa shape index (κ3) is 4.70. The Labute approximate surface area is 171 Å². The lowest BCUT2D eigenvalue weighted by Gasteiger charge is -2.38. The summed E-state index contributed by atoms with van der Waals surface area (Å²) in [6.45, 7) is 8.08. The summed E-state index contributed by atoms with van der Waals surface area (Å²) in [5.41, 5.74) is 1.09. The van der Waals surface area contributed by atoms with E-state index in [-0.39, 0.29) is 11.8 Å². The molecule has 0 saturated carbocycles. The van der Waals surface area contributed by atoms with Gasteiger partial charge in [-0.15, -0.1) is 0 Å². The molecule has 8 nitrogen and oxygen atoms in total. The van der Waals surface area contributed by atoms with Crippen LogP contribution in [0.5, 0.6) is 0 Å². The first-order valence-corrected chi connectivity index (χ1v) is 10.4. The minimum absolute atomic E-state index is 0.0408. The Morgan fingerprint density at radius 1 is 1.14 bits per heavy atom. The number of likely N-dealkylation sites (N-methyl/N-ethyl adjacent to an activating group) is 1. The van der Waals surface area contributed by atoms with Gasteiger partial charge in [-0.25, -0.2) is 9.97 Å². The molecule has 156 valence electrons. The summed E-state index contributed by atoms with van der Waals surface area (Å²) in [5, 5.41) is 3.02. The van der Waals surface area contributed by atoms with Crippen molar-refractivity contribution in [2.75, 3.05) is 56.1 Å². The van der Waals surface area contributed by atoms with Crippen LogP contribution in [0.3, 0.4) is 0 Å². The number of piperazine rings is 1. The van der Waals surface area contributed by atoms with Gasteiger partial charge in [0.05, 0.1) is 18.4 Å². The molecule has 29 heavy (non-hydrogen) atoms. The van der Waals surface area contributed by atoms with E-state index in [9.17, 15) is 4.79 Å². The SMILES string of the molecule is Cc1ccc(CNC(=O)C2CCN(c3cncnc3N3CCN(C)CC3)CC2)o1. The molecule has 2 aromatic heterocycles. The second-order valence-electron chi connectivity index (χ2n) is 8.01. The molecule has 2 fully saturated rings. The third-order valence-corrected chi connectivity index (χ3v) is 5.91. The van der Waals surface area contributed by atoms with Crippen molar-refractivity contribution in [1.82, 2.24) is 20.2 Å². The number of furan rings is 1. The second kappa shape index (κ2) is 8.82. The standard InChI is InChI=1S/C21H30N6O2/c1-16-3-4-18(29-16)13-23-21(28)17-5-7-26(8-6-17)19-14-22-15-24-20(19)27-11-9-25(2)10-12-27/h3-4,14-15,17H,5-13H2,1-2H3,(H,23,28). The number of carbonyl (C=O) groups excluding carboxylic acids is 1. The lowest BCUT2D eigenvalue weighted by molar-refractivity contribution is -0.125. The van der Waals surface area contributed by atoms with E-state index in [1.807, 2.05) is 25.3 Å².